The van der Waals surface area contributed by atoms with Gasteiger partial charge in [0.25, 0.3) is 0 Å². The highest BCUT2D eigenvalue weighted by atomic mass is 79.9. The molecule has 0 aliphatic heterocycles. The minimum absolute atomic E-state index is 0.0127. The van der Waals surface area contributed by atoms with Crippen LogP contribution in [0.2, 0.25) is 0 Å². The van der Waals surface area contributed by atoms with E-state index in [4.69, 9.17) is 10.5 Å². The third-order valence-electron chi connectivity index (χ3n) is 2.22. The summed E-state index contributed by atoms with van der Waals surface area (Å²) < 4.78 is 7.17. The maximum absolute atomic E-state index is 6.13. The normalized spacial score (nSPS) is 16.1. The Balaban J connectivity index is 2.87. The lowest BCUT2D eigenvalue weighted by atomic mass is 10.1. The molecule has 0 saturated heterocycles. The summed E-state index contributed by atoms with van der Waals surface area (Å²) >= 11 is 5.17. The zero-order valence-corrected chi connectivity index (χ0v) is 12.7. The molecule has 0 amide bonds. The van der Waals surface area contributed by atoms with Crippen LogP contribution in [0.5, 0.6) is 0 Å². The molecule has 16 heavy (non-hydrogen) atoms. The quantitative estimate of drug-likeness (QED) is 0.909. The van der Waals surface area contributed by atoms with Crippen LogP contribution in [0.25, 0.3) is 0 Å². The van der Waals surface area contributed by atoms with Crippen LogP contribution in [0.4, 0.5) is 0 Å². The van der Waals surface area contributed by atoms with E-state index in [2.05, 4.69) is 49.7 Å². The molecule has 2 nitrogen and oxygen atoms in total. The summed E-state index contributed by atoms with van der Waals surface area (Å²) in [5, 5.41) is 0. The Morgan fingerprint density at radius 1 is 1.44 bits per heavy atom. The van der Waals surface area contributed by atoms with Crippen molar-refractivity contribution in [3.05, 3.63) is 20.8 Å². The average molecular weight is 306 g/mol. The van der Waals surface area contributed by atoms with Gasteiger partial charge in [0.15, 0.2) is 0 Å². The Kier molecular flexibility index (Phi) is 4.98. The summed E-state index contributed by atoms with van der Waals surface area (Å²) in [5.41, 5.74) is 5.96. The molecule has 0 saturated carbocycles. The maximum Gasteiger partial charge on any atom is 0.107 e. The molecule has 2 N–H and O–H groups in total. The van der Waals surface area contributed by atoms with E-state index < -0.39 is 0 Å². The maximum atomic E-state index is 6.13. The molecule has 1 heterocycles. The molecule has 2 atom stereocenters. The van der Waals surface area contributed by atoms with Crippen molar-refractivity contribution >= 4 is 27.3 Å². The molecule has 0 aromatic carbocycles. The highest BCUT2D eigenvalue weighted by Crippen LogP contribution is 2.34. The molecule has 92 valence electrons. The Morgan fingerprint density at radius 3 is 2.44 bits per heavy atom. The summed E-state index contributed by atoms with van der Waals surface area (Å²) in [6, 6.07) is 4.17. The first-order valence-corrected chi connectivity index (χ1v) is 7.13. The lowest BCUT2D eigenvalue weighted by molar-refractivity contribution is -0.0712. The van der Waals surface area contributed by atoms with Crippen LogP contribution in [0.15, 0.2) is 15.9 Å². The first kappa shape index (κ1) is 14.2. The Bertz CT molecular complexity index is 332. The van der Waals surface area contributed by atoms with Gasteiger partial charge in [0.1, 0.15) is 6.10 Å². The molecule has 0 spiro atoms. The molecule has 1 aromatic rings. The fraction of sp³-hybridized carbons (Fsp3) is 0.667. The highest BCUT2D eigenvalue weighted by Gasteiger charge is 2.26. The van der Waals surface area contributed by atoms with Crippen molar-refractivity contribution in [2.45, 2.75) is 51.9 Å². The minimum atomic E-state index is -0.173. The van der Waals surface area contributed by atoms with Crippen molar-refractivity contribution in [2.75, 3.05) is 0 Å². The van der Waals surface area contributed by atoms with Gasteiger partial charge in [0.2, 0.25) is 0 Å². The molecule has 2 unspecified atom stereocenters. The van der Waals surface area contributed by atoms with Crippen LogP contribution in [0.1, 0.15) is 45.1 Å². The zero-order valence-electron chi connectivity index (χ0n) is 10.3. The molecule has 0 radical (unpaired) electrons. The third-order valence-corrected chi connectivity index (χ3v) is 3.90. The topological polar surface area (TPSA) is 35.2 Å². The van der Waals surface area contributed by atoms with Gasteiger partial charge in [-0.15, -0.1) is 11.3 Å². The SMILES string of the molecule is CCC(N)C(OC(C)(C)C)c1ccc(Br)s1. The number of rotatable bonds is 4. The summed E-state index contributed by atoms with van der Waals surface area (Å²) in [5.74, 6) is 0. The molecular formula is C12H20BrNOS. The predicted octanol–water partition coefficient (Wildman–Crippen LogP) is 4.10. The Labute approximate surface area is 110 Å². The summed E-state index contributed by atoms with van der Waals surface area (Å²) in [6.45, 7) is 8.27. The van der Waals surface area contributed by atoms with Gasteiger partial charge in [-0.25, -0.2) is 0 Å². The number of nitrogens with two attached hydrogens (primary N) is 1. The summed E-state index contributed by atoms with van der Waals surface area (Å²) in [4.78, 5) is 1.19. The monoisotopic (exact) mass is 305 g/mol. The van der Waals surface area contributed by atoms with Crippen molar-refractivity contribution in [1.29, 1.82) is 0 Å². The lowest BCUT2D eigenvalue weighted by Crippen LogP contribution is -2.34. The van der Waals surface area contributed by atoms with Gasteiger partial charge < -0.3 is 10.5 Å². The zero-order chi connectivity index (χ0) is 12.3. The van der Waals surface area contributed by atoms with Crippen LogP contribution in [-0.4, -0.2) is 11.6 Å². The third kappa shape index (κ3) is 4.17. The second-order valence-corrected chi connectivity index (χ2v) is 7.36. The summed E-state index contributed by atoms with van der Waals surface area (Å²) in [7, 11) is 0. The van der Waals surface area contributed by atoms with Gasteiger partial charge in [-0.3, -0.25) is 0 Å². The average Bonchev–Trinajstić information content (AvgIpc) is 2.58. The first-order chi connectivity index (χ1) is 7.33. The smallest absolute Gasteiger partial charge is 0.107 e. The van der Waals surface area contributed by atoms with Gasteiger partial charge in [-0.05, 0) is 55.3 Å². The fourth-order valence-electron chi connectivity index (χ4n) is 1.43. The van der Waals surface area contributed by atoms with E-state index in [1.54, 1.807) is 11.3 Å². The van der Waals surface area contributed by atoms with Crippen molar-refractivity contribution in [3.8, 4) is 0 Å². The second-order valence-electron chi connectivity index (χ2n) is 4.86. The Morgan fingerprint density at radius 2 is 2.06 bits per heavy atom. The second kappa shape index (κ2) is 5.63. The van der Waals surface area contributed by atoms with E-state index in [0.29, 0.717) is 0 Å². The van der Waals surface area contributed by atoms with Crippen molar-refractivity contribution < 1.29 is 4.74 Å². The molecule has 0 aliphatic rings. The van der Waals surface area contributed by atoms with Gasteiger partial charge in [-0.1, -0.05) is 6.92 Å². The van der Waals surface area contributed by atoms with Crippen LogP contribution >= 0.6 is 27.3 Å². The Hall–Kier alpha value is 0.1000. The minimum Gasteiger partial charge on any atom is -0.365 e. The predicted molar refractivity (Wildman–Crippen MR) is 73.9 cm³/mol. The number of thiophene rings is 1. The van der Waals surface area contributed by atoms with Crippen molar-refractivity contribution in [3.63, 3.8) is 0 Å². The van der Waals surface area contributed by atoms with Gasteiger partial charge in [0.05, 0.1) is 9.39 Å². The standard InChI is InChI=1S/C12H20BrNOS/c1-5-8(14)11(15-12(2,3)4)9-6-7-10(13)16-9/h6-8,11H,5,14H2,1-4H3. The van der Waals surface area contributed by atoms with Crippen molar-refractivity contribution in [1.82, 2.24) is 0 Å². The lowest BCUT2D eigenvalue weighted by Gasteiger charge is -2.30. The van der Waals surface area contributed by atoms with E-state index in [1.165, 1.54) is 4.88 Å². The van der Waals surface area contributed by atoms with E-state index in [0.717, 1.165) is 10.2 Å². The van der Waals surface area contributed by atoms with Gasteiger partial charge in [0, 0.05) is 10.9 Å². The van der Waals surface area contributed by atoms with Gasteiger partial charge in [-0.2, -0.15) is 0 Å². The van der Waals surface area contributed by atoms with Crippen molar-refractivity contribution in [2.24, 2.45) is 5.73 Å². The van der Waals surface area contributed by atoms with Crippen LogP contribution in [0, 0.1) is 0 Å². The largest absolute Gasteiger partial charge is 0.365 e. The molecule has 0 bridgehead atoms. The molecular weight excluding hydrogens is 286 g/mol. The van der Waals surface area contributed by atoms with E-state index in [9.17, 15) is 0 Å². The van der Waals surface area contributed by atoms with Crippen LogP contribution in [-0.2, 0) is 4.74 Å². The number of hydrogen-bond acceptors (Lipinski definition) is 3. The van der Waals surface area contributed by atoms with Crippen LogP contribution < -0.4 is 5.73 Å². The molecule has 4 heteroatoms. The molecule has 1 aromatic heterocycles. The number of hydrogen-bond donors (Lipinski definition) is 1. The molecule has 1 rings (SSSR count). The van der Waals surface area contributed by atoms with E-state index in [-0.39, 0.29) is 17.7 Å². The number of ether oxygens (including phenoxy) is 1. The fourth-order valence-corrected chi connectivity index (χ4v) is 2.96. The van der Waals surface area contributed by atoms with Crippen LogP contribution in [0.3, 0.4) is 0 Å². The van der Waals surface area contributed by atoms with Gasteiger partial charge >= 0.3 is 0 Å². The molecule has 0 fully saturated rings. The summed E-state index contributed by atoms with van der Waals surface area (Å²) in [6.07, 6.45) is 0.900. The van der Waals surface area contributed by atoms with E-state index in [1.807, 2.05) is 6.07 Å². The van der Waals surface area contributed by atoms with E-state index >= 15 is 0 Å². The molecule has 0 aliphatic carbocycles. The first-order valence-electron chi connectivity index (χ1n) is 5.52. The number of halogens is 1. The highest BCUT2D eigenvalue weighted by molar-refractivity contribution is 9.11.